The minimum Gasteiger partial charge on any atom is -0.507 e. The van der Waals surface area contributed by atoms with E-state index in [9.17, 15) is 29.9 Å². The number of hydrogen-bond acceptors (Lipinski definition) is 11. The van der Waals surface area contributed by atoms with Crippen LogP contribution < -0.4 is 10.5 Å². The molecule has 4 rings (SSSR count). The zero-order valence-electron chi connectivity index (χ0n) is 19.1. The largest absolute Gasteiger partial charge is 0.507 e. The summed E-state index contributed by atoms with van der Waals surface area (Å²) in [4.78, 5) is 32.4. The highest BCUT2D eigenvalue weighted by atomic mass is 32.2. The van der Waals surface area contributed by atoms with Gasteiger partial charge in [0, 0.05) is 30.0 Å². The van der Waals surface area contributed by atoms with Crippen LogP contribution in [-0.4, -0.2) is 116 Å². The number of aromatic hydroxyl groups is 1. The molecular weight excluding hydrogens is 495 g/mol. The highest BCUT2D eigenvalue weighted by Crippen LogP contribution is 2.35. The van der Waals surface area contributed by atoms with Crippen LogP contribution in [0.25, 0.3) is 0 Å². The molecule has 0 aliphatic carbocycles. The van der Waals surface area contributed by atoms with E-state index in [0.29, 0.717) is 26.2 Å². The average Bonchev–Trinajstić information content (AvgIpc) is 3.45. The van der Waals surface area contributed by atoms with Gasteiger partial charge in [-0.05, 0) is 24.5 Å². The van der Waals surface area contributed by atoms with Crippen LogP contribution in [0.15, 0.2) is 17.1 Å². The molecule has 11 nitrogen and oxygen atoms in total. The number of carbonyl (C=O) groups is 2. The van der Waals surface area contributed by atoms with Gasteiger partial charge in [0.25, 0.3) is 0 Å². The Hall–Kier alpha value is -2.13. The van der Waals surface area contributed by atoms with Gasteiger partial charge in [-0.2, -0.15) is 11.8 Å². The molecular formula is C21H29BN4O7S2. The van der Waals surface area contributed by atoms with Crippen molar-refractivity contribution in [3.63, 3.8) is 0 Å². The topological polar surface area (TPSA) is 169 Å². The lowest BCUT2D eigenvalue weighted by Crippen LogP contribution is -2.55. The number of nitrogens with zero attached hydrogens (tertiary/aromatic N) is 3. The second kappa shape index (κ2) is 11.3. The number of aromatic carboxylic acids is 1. The van der Waals surface area contributed by atoms with Gasteiger partial charge in [-0.25, -0.2) is 4.79 Å². The van der Waals surface area contributed by atoms with Crippen LogP contribution in [0.3, 0.4) is 0 Å². The summed E-state index contributed by atoms with van der Waals surface area (Å²) in [7, 11) is -1.77. The summed E-state index contributed by atoms with van der Waals surface area (Å²) in [6, 6.07) is 2.95. The molecule has 2 atom stereocenters. The van der Waals surface area contributed by atoms with Crippen molar-refractivity contribution in [2.24, 2.45) is 10.7 Å². The first-order chi connectivity index (χ1) is 16.7. The maximum atomic E-state index is 12.4. The van der Waals surface area contributed by atoms with Gasteiger partial charge in [0.2, 0.25) is 5.91 Å². The van der Waals surface area contributed by atoms with E-state index in [2.05, 4.69) is 9.89 Å². The van der Waals surface area contributed by atoms with Crippen molar-refractivity contribution in [1.29, 1.82) is 0 Å². The summed E-state index contributed by atoms with van der Waals surface area (Å²) in [6.07, 6.45) is 0.458. The van der Waals surface area contributed by atoms with Crippen molar-refractivity contribution < 1.29 is 34.6 Å². The number of nitrogens with two attached hydrogens (primary N) is 1. The molecule has 2 fully saturated rings. The Morgan fingerprint density at radius 3 is 2.69 bits per heavy atom. The maximum absolute atomic E-state index is 12.4. The number of carboxylic acid groups (broad SMARTS) is 1. The van der Waals surface area contributed by atoms with Crippen LogP contribution >= 0.6 is 23.5 Å². The Labute approximate surface area is 211 Å². The van der Waals surface area contributed by atoms with Gasteiger partial charge < -0.3 is 40.5 Å². The van der Waals surface area contributed by atoms with Crippen molar-refractivity contribution in [3.8, 4) is 11.5 Å². The normalized spacial score (nSPS) is 21.0. The van der Waals surface area contributed by atoms with Crippen molar-refractivity contribution in [3.05, 3.63) is 23.3 Å². The molecule has 3 aliphatic rings. The smallest absolute Gasteiger partial charge is 0.465 e. The minimum absolute atomic E-state index is 0.0184. The quantitative estimate of drug-likeness (QED) is 0.263. The van der Waals surface area contributed by atoms with Gasteiger partial charge in [0.05, 0.1) is 25.4 Å². The van der Waals surface area contributed by atoms with E-state index in [1.165, 1.54) is 12.1 Å². The third-order valence-corrected chi connectivity index (χ3v) is 8.45. The molecule has 1 aromatic carbocycles. The van der Waals surface area contributed by atoms with Gasteiger partial charge >= 0.3 is 13.1 Å². The highest BCUT2D eigenvalue weighted by molar-refractivity contribution is 8.14. The molecule has 35 heavy (non-hydrogen) atoms. The van der Waals surface area contributed by atoms with Crippen LogP contribution in [0.1, 0.15) is 22.3 Å². The molecule has 0 bridgehead atoms. The van der Waals surface area contributed by atoms with Crippen LogP contribution in [0.4, 0.5) is 0 Å². The first-order valence-electron chi connectivity index (χ1n) is 11.4. The van der Waals surface area contributed by atoms with Crippen LogP contribution in [0.5, 0.6) is 11.5 Å². The monoisotopic (exact) mass is 524 g/mol. The number of carboxylic acids is 1. The van der Waals surface area contributed by atoms with Crippen molar-refractivity contribution in [2.75, 3.05) is 44.2 Å². The first-order valence-corrected chi connectivity index (χ1v) is 13.4. The molecule has 190 valence electrons. The number of ether oxygens (including phenoxy) is 1. The number of carbonyl (C=O) groups excluding carboxylic acids is 1. The van der Waals surface area contributed by atoms with Crippen LogP contribution in [-0.2, 0) is 11.2 Å². The molecule has 14 heteroatoms. The van der Waals surface area contributed by atoms with Crippen LogP contribution in [0.2, 0.25) is 0 Å². The Bertz CT molecular complexity index is 993. The third kappa shape index (κ3) is 6.18. The fourth-order valence-electron chi connectivity index (χ4n) is 4.20. The summed E-state index contributed by atoms with van der Waals surface area (Å²) in [5.74, 6) is -0.948. The van der Waals surface area contributed by atoms with E-state index in [0.717, 1.165) is 35.6 Å². The minimum atomic E-state index is -1.77. The molecule has 1 amide bonds. The number of benzene rings is 1. The lowest BCUT2D eigenvalue weighted by atomic mass is 9.81. The maximum Gasteiger partial charge on any atom is 0.465 e. The SMILES string of the molecule is NC1CCN(C(=O)CS[C@@H](Cc2ccc(OC3CN(C4=NCCS4)C3)c(C(=O)O)c2O)B(O)O)C1. The fraction of sp³-hybridized carbons (Fsp3) is 0.571. The molecule has 6 N–H and O–H groups in total. The van der Waals surface area contributed by atoms with Gasteiger partial charge in [-0.1, -0.05) is 17.8 Å². The van der Waals surface area contributed by atoms with Gasteiger partial charge in [-0.15, -0.1) is 0 Å². The number of hydrogen-bond donors (Lipinski definition) is 5. The Morgan fingerprint density at radius 2 is 2.09 bits per heavy atom. The van der Waals surface area contributed by atoms with E-state index < -0.39 is 24.0 Å². The zero-order chi connectivity index (χ0) is 25.1. The number of amides is 1. The molecule has 3 aliphatic heterocycles. The van der Waals surface area contributed by atoms with Gasteiger partial charge in [0.1, 0.15) is 23.2 Å². The van der Waals surface area contributed by atoms with E-state index in [1.807, 2.05) is 0 Å². The summed E-state index contributed by atoms with van der Waals surface area (Å²) in [5.41, 5.74) is 5.70. The number of thioether (sulfide) groups is 2. The number of rotatable bonds is 9. The summed E-state index contributed by atoms with van der Waals surface area (Å²) in [5, 5.41) is 40.3. The van der Waals surface area contributed by atoms with Crippen molar-refractivity contribution in [1.82, 2.24) is 9.80 Å². The summed E-state index contributed by atoms with van der Waals surface area (Å²) in [6.45, 7) is 3.00. The Kier molecular flexibility index (Phi) is 8.37. The van der Waals surface area contributed by atoms with Crippen molar-refractivity contribution >= 4 is 47.7 Å². The second-order valence-corrected chi connectivity index (χ2v) is 11.1. The third-order valence-electron chi connectivity index (χ3n) is 6.17. The summed E-state index contributed by atoms with van der Waals surface area (Å²) >= 11 is 2.72. The summed E-state index contributed by atoms with van der Waals surface area (Å²) < 4.78 is 5.85. The standard InChI is InChI=1S/C21H29BN4O7S2/c23-13-3-5-25(8-13)17(27)11-35-16(22(31)32)7-12-1-2-15(18(19(12)28)20(29)30)33-14-9-26(10-14)21-24-4-6-34-21/h1-2,13-14,16,28,31-32H,3-11,23H2,(H,29,30)/t13?,16-/m0/s1. The average molecular weight is 524 g/mol. The Morgan fingerprint density at radius 1 is 1.31 bits per heavy atom. The van der Waals surface area contributed by atoms with E-state index in [4.69, 9.17) is 10.5 Å². The number of likely N-dealkylation sites (tertiary alicyclic amines) is 2. The van der Waals surface area contributed by atoms with Crippen molar-refractivity contribution in [2.45, 2.75) is 30.1 Å². The number of amidine groups is 1. The van der Waals surface area contributed by atoms with Crippen LogP contribution in [0, 0.1) is 0 Å². The molecule has 2 saturated heterocycles. The predicted molar refractivity (Wildman–Crippen MR) is 135 cm³/mol. The predicted octanol–water partition coefficient (Wildman–Crippen LogP) is -0.528. The highest BCUT2D eigenvalue weighted by Gasteiger charge is 2.34. The first kappa shape index (κ1) is 26.0. The molecule has 1 unspecified atom stereocenters. The van der Waals surface area contributed by atoms with Gasteiger partial charge in [-0.3, -0.25) is 9.79 Å². The Balaban J connectivity index is 1.39. The second-order valence-electron chi connectivity index (χ2n) is 8.76. The molecule has 1 aromatic rings. The fourth-order valence-corrected chi connectivity index (χ4v) is 6.09. The van der Waals surface area contributed by atoms with E-state index >= 15 is 0 Å². The zero-order valence-corrected chi connectivity index (χ0v) is 20.7. The molecule has 0 radical (unpaired) electrons. The molecule has 3 heterocycles. The van der Waals surface area contributed by atoms with E-state index in [1.54, 1.807) is 16.7 Å². The number of aliphatic imine (C=N–C) groups is 1. The molecule has 0 spiro atoms. The lowest BCUT2D eigenvalue weighted by molar-refractivity contribution is -0.127. The molecule has 0 aromatic heterocycles. The van der Waals surface area contributed by atoms with Gasteiger partial charge in [0.15, 0.2) is 5.17 Å². The number of phenols is 1. The molecule has 0 saturated carbocycles. The van der Waals surface area contributed by atoms with E-state index in [-0.39, 0.29) is 47.1 Å². The lowest BCUT2D eigenvalue weighted by Gasteiger charge is -2.40.